The third kappa shape index (κ3) is 6.65. The van der Waals surface area contributed by atoms with E-state index in [1.54, 1.807) is 60.7 Å². The largest absolute Gasteiger partial charge is 0.457 e. The van der Waals surface area contributed by atoms with Gasteiger partial charge < -0.3 is 19.3 Å². The van der Waals surface area contributed by atoms with Gasteiger partial charge >= 0.3 is 0 Å². The fourth-order valence-electron chi connectivity index (χ4n) is 7.15. The van der Waals surface area contributed by atoms with Crippen LogP contribution in [0.15, 0.2) is 133 Å². The summed E-state index contributed by atoms with van der Waals surface area (Å²) in [6, 6.07) is 40.0. The van der Waals surface area contributed by atoms with Gasteiger partial charge in [-0.3, -0.25) is 19.2 Å². The topological polar surface area (TPSA) is 99.7 Å². The third-order valence-corrected chi connectivity index (χ3v) is 10.6. The summed E-state index contributed by atoms with van der Waals surface area (Å²) in [6.45, 7) is 4.26. The highest BCUT2D eigenvalue weighted by Gasteiger charge is 2.38. The molecule has 2 aliphatic rings. The lowest BCUT2D eigenvalue weighted by Gasteiger charge is -2.26. The van der Waals surface area contributed by atoms with Crippen LogP contribution in [-0.2, 0) is 5.41 Å². The van der Waals surface area contributed by atoms with E-state index in [0.717, 1.165) is 22.5 Å². The van der Waals surface area contributed by atoms with Crippen LogP contribution in [0.3, 0.4) is 0 Å². The van der Waals surface area contributed by atoms with Gasteiger partial charge in [-0.05, 0) is 120 Å². The van der Waals surface area contributed by atoms with E-state index in [4.69, 9.17) is 9.47 Å². The third-order valence-electron chi connectivity index (χ3n) is 10.6. The molecule has 0 saturated heterocycles. The van der Waals surface area contributed by atoms with Gasteiger partial charge in [-0.1, -0.05) is 38.1 Å². The van der Waals surface area contributed by atoms with Crippen LogP contribution < -0.4 is 29.1 Å². The monoisotopic (exact) mass is 756 g/mol. The van der Waals surface area contributed by atoms with Crippen LogP contribution in [0.5, 0.6) is 23.0 Å². The molecule has 0 unspecified atom stereocenters. The van der Waals surface area contributed by atoms with Crippen molar-refractivity contribution in [1.29, 1.82) is 0 Å². The molecule has 0 aliphatic carbocycles. The van der Waals surface area contributed by atoms with Gasteiger partial charge in [0, 0.05) is 45.0 Å². The molecule has 8 rings (SSSR count). The normalized spacial score (nSPS) is 13.5. The highest BCUT2D eigenvalue weighted by molar-refractivity contribution is 6.35. The molecular weight excluding hydrogens is 717 g/mol. The maximum absolute atomic E-state index is 13.4. The Kier molecular flexibility index (Phi) is 9.12. The fraction of sp³-hybridized carbons (Fsp3) is 0.149. The summed E-state index contributed by atoms with van der Waals surface area (Å²) in [4.78, 5) is 59.4. The summed E-state index contributed by atoms with van der Waals surface area (Å²) in [7, 11) is 7.71. The molecule has 4 amide bonds. The van der Waals surface area contributed by atoms with E-state index < -0.39 is 0 Å². The minimum absolute atomic E-state index is 0.299. The number of anilines is 4. The van der Waals surface area contributed by atoms with Crippen molar-refractivity contribution in [3.8, 4) is 23.0 Å². The second-order valence-electron chi connectivity index (χ2n) is 15.0. The Morgan fingerprint density at radius 3 is 1.05 bits per heavy atom. The van der Waals surface area contributed by atoms with E-state index in [2.05, 4.69) is 13.8 Å². The van der Waals surface area contributed by atoms with Crippen molar-refractivity contribution in [3.63, 3.8) is 0 Å². The number of fused-ring (bicyclic) bond motifs is 2. The number of imide groups is 2. The average molecular weight is 757 g/mol. The van der Waals surface area contributed by atoms with Crippen LogP contribution >= 0.6 is 0 Å². The second kappa shape index (κ2) is 14.1. The summed E-state index contributed by atoms with van der Waals surface area (Å²) in [5, 5.41) is 0. The van der Waals surface area contributed by atoms with Gasteiger partial charge in [0.25, 0.3) is 23.6 Å². The number of rotatable bonds is 10. The van der Waals surface area contributed by atoms with E-state index in [1.165, 1.54) is 9.80 Å². The smallest absolute Gasteiger partial charge is 0.266 e. The molecule has 0 atom stereocenters. The van der Waals surface area contributed by atoms with E-state index in [-0.39, 0.29) is 29.0 Å². The molecule has 284 valence electrons. The number of amides is 4. The molecule has 0 saturated carbocycles. The van der Waals surface area contributed by atoms with Gasteiger partial charge in [-0.25, -0.2) is 9.80 Å². The van der Waals surface area contributed by atoms with E-state index in [1.807, 2.05) is 111 Å². The van der Waals surface area contributed by atoms with Crippen LogP contribution in [0.25, 0.3) is 0 Å². The standard InChI is InChI=1S/C47H40N4O6/c1-47(2,29-7-19-35(20-8-29)56-37-23-25-39-41(27-37)45(54)50(43(39)52)33-15-11-31(12-16-33)48(3)4)30-9-21-36(22-10-30)57-38-24-26-40-42(28-38)46(55)51(44(40)53)34-17-13-32(14-18-34)49(5)6/h7-28H,1-6H3. The summed E-state index contributed by atoms with van der Waals surface area (Å²) >= 11 is 0. The molecule has 0 radical (unpaired) electrons. The number of hydrogen-bond donors (Lipinski definition) is 0. The average Bonchev–Trinajstić information content (AvgIpc) is 3.61. The summed E-state index contributed by atoms with van der Waals surface area (Å²) in [6.07, 6.45) is 0. The van der Waals surface area contributed by atoms with Gasteiger partial charge in [-0.2, -0.15) is 0 Å². The molecule has 0 fully saturated rings. The Hall–Kier alpha value is -7.20. The van der Waals surface area contributed by atoms with Crippen LogP contribution in [0.2, 0.25) is 0 Å². The van der Waals surface area contributed by atoms with Gasteiger partial charge in [0.15, 0.2) is 0 Å². The number of nitrogens with zero attached hydrogens (tertiary/aromatic N) is 4. The van der Waals surface area contributed by atoms with Crippen molar-refractivity contribution < 1.29 is 28.7 Å². The quantitative estimate of drug-likeness (QED) is 0.128. The summed E-state index contributed by atoms with van der Waals surface area (Å²) < 4.78 is 12.3. The Balaban J connectivity index is 0.921. The maximum atomic E-state index is 13.4. The van der Waals surface area contributed by atoms with Crippen LogP contribution in [0, 0.1) is 0 Å². The minimum atomic E-state index is -0.389. The first-order chi connectivity index (χ1) is 27.3. The highest BCUT2D eigenvalue weighted by Crippen LogP contribution is 2.38. The molecule has 2 aliphatic heterocycles. The van der Waals surface area contributed by atoms with E-state index >= 15 is 0 Å². The molecule has 57 heavy (non-hydrogen) atoms. The van der Waals surface area contributed by atoms with Crippen molar-refractivity contribution in [2.24, 2.45) is 0 Å². The van der Waals surface area contributed by atoms with Gasteiger partial charge in [0.2, 0.25) is 0 Å². The van der Waals surface area contributed by atoms with Gasteiger partial charge in [0.1, 0.15) is 23.0 Å². The Labute approximate surface area is 331 Å². The Bertz CT molecular complexity index is 2380. The van der Waals surface area contributed by atoms with Crippen molar-refractivity contribution >= 4 is 46.4 Å². The molecule has 2 heterocycles. The number of hydrogen-bond acceptors (Lipinski definition) is 8. The predicted molar refractivity (Wildman–Crippen MR) is 222 cm³/mol. The SMILES string of the molecule is CN(C)c1ccc(N2C(=O)c3ccc(Oc4ccc(C(C)(C)c5ccc(Oc6ccc7c(c6)C(=O)N(c6ccc(N(C)C)cc6)C7=O)cc5)cc4)cc3C2=O)cc1. The van der Waals surface area contributed by atoms with Crippen LogP contribution in [0.4, 0.5) is 22.7 Å². The van der Waals surface area contributed by atoms with Crippen LogP contribution in [-0.4, -0.2) is 51.8 Å². The molecular formula is C47H40N4O6. The Morgan fingerprint density at radius 1 is 0.404 bits per heavy atom. The lowest BCUT2D eigenvalue weighted by molar-refractivity contribution is 0.0910. The first-order valence-corrected chi connectivity index (χ1v) is 18.5. The molecule has 0 bridgehead atoms. The van der Waals surface area contributed by atoms with E-state index in [9.17, 15) is 19.2 Å². The van der Waals surface area contributed by atoms with Crippen molar-refractivity contribution in [3.05, 3.63) is 167 Å². The molecule has 6 aromatic rings. The van der Waals surface area contributed by atoms with Crippen molar-refractivity contribution in [1.82, 2.24) is 0 Å². The second-order valence-corrected chi connectivity index (χ2v) is 15.0. The van der Waals surface area contributed by atoms with Crippen molar-refractivity contribution in [2.45, 2.75) is 19.3 Å². The van der Waals surface area contributed by atoms with Crippen LogP contribution in [0.1, 0.15) is 66.4 Å². The zero-order chi connectivity index (χ0) is 40.2. The lowest BCUT2D eigenvalue weighted by atomic mass is 9.78. The van der Waals surface area contributed by atoms with E-state index in [0.29, 0.717) is 56.6 Å². The first kappa shape index (κ1) is 36.8. The predicted octanol–water partition coefficient (Wildman–Crippen LogP) is 9.33. The summed E-state index contributed by atoms with van der Waals surface area (Å²) in [5.41, 5.74) is 5.96. The van der Waals surface area contributed by atoms with Crippen molar-refractivity contribution in [2.75, 3.05) is 47.8 Å². The Morgan fingerprint density at radius 2 is 0.719 bits per heavy atom. The zero-order valence-electron chi connectivity index (χ0n) is 32.4. The lowest BCUT2D eigenvalue weighted by Crippen LogP contribution is -2.29. The molecule has 0 aromatic heterocycles. The summed E-state index contributed by atoms with van der Waals surface area (Å²) in [5.74, 6) is 0.578. The number of benzene rings is 6. The molecule has 6 aromatic carbocycles. The minimum Gasteiger partial charge on any atom is -0.457 e. The first-order valence-electron chi connectivity index (χ1n) is 18.5. The highest BCUT2D eigenvalue weighted by atomic mass is 16.5. The number of carbonyl (C=O) groups is 4. The zero-order valence-corrected chi connectivity index (χ0v) is 32.4. The van der Waals surface area contributed by atoms with Gasteiger partial charge in [-0.15, -0.1) is 0 Å². The molecule has 10 nitrogen and oxygen atoms in total. The number of ether oxygens (including phenoxy) is 2. The number of carbonyl (C=O) groups excluding carboxylic acids is 4. The maximum Gasteiger partial charge on any atom is 0.266 e. The van der Waals surface area contributed by atoms with Gasteiger partial charge in [0.05, 0.1) is 33.6 Å². The molecule has 0 spiro atoms. The molecule has 0 N–H and O–H groups in total. The fourth-order valence-corrected chi connectivity index (χ4v) is 7.15. The molecule has 10 heteroatoms.